The number of anilines is 2. The predicted octanol–water partition coefficient (Wildman–Crippen LogP) is 5.83. The van der Waals surface area contributed by atoms with Gasteiger partial charge >= 0.3 is 0 Å². The first-order chi connectivity index (χ1) is 18.8. The number of carbonyl (C=O) groups excluding carboxylic acids is 2. The van der Waals surface area contributed by atoms with Crippen LogP contribution in [0.2, 0.25) is 0 Å². The van der Waals surface area contributed by atoms with Crippen LogP contribution in [0.25, 0.3) is 11.3 Å². The lowest BCUT2D eigenvalue weighted by Crippen LogP contribution is -2.36. The zero-order valence-corrected chi connectivity index (χ0v) is 22.9. The maximum Gasteiger partial charge on any atom is 0.227 e. The van der Waals surface area contributed by atoms with Gasteiger partial charge in [0.15, 0.2) is 5.78 Å². The number of rotatable bonds is 8. The third kappa shape index (κ3) is 6.06. The number of hydrogen-bond donors (Lipinski definition) is 1. The van der Waals surface area contributed by atoms with Gasteiger partial charge in [0.05, 0.1) is 11.9 Å². The molecule has 0 atom stereocenters. The summed E-state index contributed by atoms with van der Waals surface area (Å²) in [5, 5.41) is 7.78. The van der Waals surface area contributed by atoms with Crippen LogP contribution in [0.1, 0.15) is 65.3 Å². The van der Waals surface area contributed by atoms with Gasteiger partial charge in [-0.15, -0.1) is 0 Å². The number of nitrogens with zero attached hydrogens (tertiary/aromatic N) is 5. The molecular formula is C31H34N6O2. The van der Waals surface area contributed by atoms with E-state index in [9.17, 15) is 9.59 Å². The summed E-state index contributed by atoms with van der Waals surface area (Å²) in [6.07, 6.45) is 6.88. The van der Waals surface area contributed by atoms with Crippen molar-refractivity contribution < 1.29 is 9.59 Å². The topological polar surface area (TPSA) is 93.0 Å². The molecule has 1 aliphatic heterocycles. The molecule has 0 fully saturated rings. The number of hydrogen-bond acceptors (Lipinski definition) is 6. The van der Waals surface area contributed by atoms with E-state index in [1.807, 2.05) is 72.4 Å². The number of Topliss-reactive ketones (excluding diaryl/α,β-unsaturated/α-hetero) is 1. The lowest BCUT2D eigenvalue weighted by molar-refractivity contribution is -0.132. The lowest BCUT2D eigenvalue weighted by Gasteiger charge is -2.29. The van der Waals surface area contributed by atoms with Crippen LogP contribution in [0, 0.1) is 13.8 Å². The molecule has 1 amide bonds. The number of ketones is 1. The first kappa shape index (κ1) is 26.3. The number of benzene rings is 2. The fourth-order valence-electron chi connectivity index (χ4n) is 4.77. The van der Waals surface area contributed by atoms with E-state index in [0.29, 0.717) is 24.6 Å². The Morgan fingerprint density at radius 2 is 1.79 bits per heavy atom. The summed E-state index contributed by atoms with van der Waals surface area (Å²) in [6, 6.07) is 13.9. The molecule has 0 unspecified atom stereocenters. The highest BCUT2D eigenvalue weighted by Gasteiger charge is 2.22. The largest absolute Gasteiger partial charge is 0.338 e. The van der Waals surface area contributed by atoms with Gasteiger partial charge in [0.25, 0.3) is 0 Å². The molecule has 5 rings (SSSR count). The van der Waals surface area contributed by atoms with Gasteiger partial charge in [-0.1, -0.05) is 35.9 Å². The number of carbonyl (C=O) groups is 2. The fourth-order valence-corrected chi connectivity index (χ4v) is 4.77. The van der Waals surface area contributed by atoms with Crippen molar-refractivity contribution in [2.24, 2.45) is 0 Å². The number of fused-ring (bicyclic) bond motifs is 1. The highest BCUT2D eigenvalue weighted by molar-refractivity contribution is 5.98. The molecule has 200 valence electrons. The first-order valence-corrected chi connectivity index (χ1v) is 13.4. The lowest BCUT2D eigenvalue weighted by atomic mass is 9.98. The first-order valence-electron chi connectivity index (χ1n) is 13.4. The minimum atomic E-state index is 0.00622. The second-order valence-electron chi connectivity index (χ2n) is 10.5. The van der Waals surface area contributed by atoms with Crippen molar-refractivity contribution >= 4 is 23.3 Å². The molecule has 0 aliphatic carbocycles. The number of amides is 1. The van der Waals surface area contributed by atoms with Crippen LogP contribution in [0.3, 0.4) is 0 Å². The molecule has 1 aliphatic rings. The molecule has 0 saturated heterocycles. The molecule has 1 N–H and O–H groups in total. The van der Waals surface area contributed by atoms with Crippen LogP contribution >= 0.6 is 0 Å². The standard InChI is InChI=1S/C31H34N6O2/c1-20(2)37-19-26(17-33-37)30-22(4)16-32-31(35-30)34-27-10-9-25-18-36(14-13-24(25)15-27)29(39)12-11-28(38)23-7-5-21(3)6-8-23/h5-10,15-17,19-20H,11-14,18H2,1-4H3,(H,32,34,35). The van der Waals surface area contributed by atoms with Gasteiger partial charge < -0.3 is 10.2 Å². The molecule has 8 heteroatoms. The molecule has 0 saturated carbocycles. The van der Waals surface area contributed by atoms with E-state index in [-0.39, 0.29) is 30.6 Å². The second kappa shape index (κ2) is 11.2. The van der Waals surface area contributed by atoms with Crippen LogP contribution in [-0.2, 0) is 17.8 Å². The van der Waals surface area contributed by atoms with E-state index in [2.05, 4.69) is 41.4 Å². The van der Waals surface area contributed by atoms with E-state index in [0.717, 1.165) is 40.1 Å². The van der Waals surface area contributed by atoms with Crippen molar-refractivity contribution in [2.75, 3.05) is 11.9 Å². The molecule has 0 radical (unpaired) electrons. The molecule has 0 spiro atoms. The molecule has 39 heavy (non-hydrogen) atoms. The fraction of sp³-hybridized carbons (Fsp3) is 0.323. The van der Waals surface area contributed by atoms with E-state index >= 15 is 0 Å². The van der Waals surface area contributed by atoms with E-state index < -0.39 is 0 Å². The Hall–Kier alpha value is -4.33. The summed E-state index contributed by atoms with van der Waals surface area (Å²) in [4.78, 5) is 36.4. The summed E-state index contributed by atoms with van der Waals surface area (Å²) < 4.78 is 1.92. The van der Waals surface area contributed by atoms with Gasteiger partial charge in [0.1, 0.15) is 0 Å². The zero-order valence-electron chi connectivity index (χ0n) is 22.9. The average Bonchev–Trinajstić information content (AvgIpc) is 3.43. The molecule has 3 heterocycles. The Kier molecular flexibility index (Phi) is 7.54. The van der Waals surface area contributed by atoms with Crippen molar-refractivity contribution in [3.8, 4) is 11.3 Å². The van der Waals surface area contributed by atoms with Crippen molar-refractivity contribution in [3.63, 3.8) is 0 Å². The summed E-state index contributed by atoms with van der Waals surface area (Å²) in [5.74, 6) is 0.551. The Morgan fingerprint density at radius 1 is 1.00 bits per heavy atom. The Bertz CT molecular complexity index is 1510. The number of aromatic nitrogens is 4. The van der Waals surface area contributed by atoms with Gasteiger partial charge in [0, 0.05) is 61.2 Å². The van der Waals surface area contributed by atoms with Crippen molar-refractivity contribution in [1.29, 1.82) is 0 Å². The number of aryl methyl sites for hydroxylation is 2. The average molecular weight is 523 g/mol. The maximum absolute atomic E-state index is 12.9. The summed E-state index contributed by atoms with van der Waals surface area (Å²) in [5.41, 5.74) is 7.80. The molecule has 2 aromatic carbocycles. The van der Waals surface area contributed by atoms with Gasteiger partial charge in [-0.3, -0.25) is 14.3 Å². The SMILES string of the molecule is Cc1ccc(C(=O)CCC(=O)N2CCc3cc(Nc4ncc(C)c(-c5cnn(C(C)C)c5)n4)ccc3C2)cc1. The van der Waals surface area contributed by atoms with Crippen LogP contribution < -0.4 is 5.32 Å². The van der Waals surface area contributed by atoms with Gasteiger partial charge in [-0.25, -0.2) is 9.97 Å². The van der Waals surface area contributed by atoms with Gasteiger partial charge in [-0.05, 0) is 62.9 Å². The van der Waals surface area contributed by atoms with Crippen LogP contribution in [0.15, 0.2) is 61.1 Å². The van der Waals surface area contributed by atoms with E-state index in [1.165, 1.54) is 5.56 Å². The van der Waals surface area contributed by atoms with Crippen LogP contribution in [-0.4, -0.2) is 42.9 Å². The summed E-state index contributed by atoms with van der Waals surface area (Å²) in [7, 11) is 0. The predicted molar refractivity (Wildman–Crippen MR) is 152 cm³/mol. The monoisotopic (exact) mass is 522 g/mol. The normalized spacial score (nSPS) is 12.9. The zero-order chi connectivity index (χ0) is 27.5. The maximum atomic E-state index is 12.9. The Labute approximate surface area is 229 Å². The van der Waals surface area contributed by atoms with E-state index in [1.54, 1.807) is 0 Å². The smallest absolute Gasteiger partial charge is 0.227 e. The Morgan fingerprint density at radius 3 is 2.54 bits per heavy atom. The molecule has 2 aromatic heterocycles. The molecule has 4 aromatic rings. The molecule has 0 bridgehead atoms. The van der Waals surface area contributed by atoms with Crippen LogP contribution in [0.5, 0.6) is 0 Å². The summed E-state index contributed by atoms with van der Waals surface area (Å²) in [6.45, 7) is 9.36. The highest BCUT2D eigenvalue weighted by atomic mass is 16.2. The quantitative estimate of drug-likeness (QED) is 0.293. The second-order valence-corrected chi connectivity index (χ2v) is 10.5. The highest BCUT2D eigenvalue weighted by Crippen LogP contribution is 2.27. The van der Waals surface area contributed by atoms with Crippen molar-refractivity contribution in [3.05, 3.63) is 88.9 Å². The van der Waals surface area contributed by atoms with E-state index in [4.69, 9.17) is 4.98 Å². The summed E-state index contributed by atoms with van der Waals surface area (Å²) >= 11 is 0. The van der Waals surface area contributed by atoms with Crippen molar-refractivity contribution in [2.45, 2.75) is 59.5 Å². The minimum absolute atomic E-state index is 0.00622. The minimum Gasteiger partial charge on any atom is -0.338 e. The molecule has 8 nitrogen and oxygen atoms in total. The van der Waals surface area contributed by atoms with Gasteiger partial charge in [-0.2, -0.15) is 5.10 Å². The van der Waals surface area contributed by atoms with Crippen LogP contribution in [0.4, 0.5) is 11.6 Å². The molecular weight excluding hydrogens is 488 g/mol. The Balaban J connectivity index is 1.21. The third-order valence-electron chi connectivity index (χ3n) is 7.14. The van der Waals surface area contributed by atoms with Crippen molar-refractivity contribution in [1.82, 2.24) is 24.6 Å². The number of nitrogens with one attached hydrogen (secondary N) is 1. The third-order valence-corrected chi connectivity index (χ3v) is 7.14. The van der Waals surface area contributed by atoms with Gasteiger partial charge in [0.2, 0.25) is 11.9 Å².